The minimum atomic E-state index is -0.181. The molecule has 2 heterocycles. The number of nitrogens with zero attached hydrogens (tertiary/aromatic N) is 2. The second-order valence-corrected chi connectivity index (χ2v) is 6.45. The summed E-state index contributed by atoms with van der Waals surface area (Å²) in [6, 6.07) is 7.51. The number of hydrogen-bond acceptors (Lipinski definition) is 7. The minimum Gasteiger partial charge on any atom is -0.493 e. The molecule has 0 aliphatic carbocycles. The van der Waals surface area contributed by atoms with Crippen LogP contribution in [0.15, 0.2) is 24.3 Å². The first-order valence-electron chi connectivity index (χ1n) is 8.01. The smallest absolute Gasteiger partial charge is 0.225 e. The average Bonchev–Trinajstić information content (AvgIpc) is 3.14. The number of carbonyl (C=O) groups is 1. The Kier molecular flexibility index (Phi) is 4.12. The molecule has 0 bridgehead atoms. The van der Waals surface area contributed by atoms with E-state index in [0.717, 1.165) is 39.6 Å². The van der Waals surface area contributed by atoms with Gasteiger partial charge in [0, 0.05) is 23.6 Å². The molecular formula is C18H17N3O4S. The number of hydrogen-bond donors (Lipinski definition) is 1. The predicted octanol–water partition coefficient (Wildman–Crippen LogP) is 3.19. The molecule has 0 saturated heterocycles. The zero-order chi connectivity index (χ0) is 18.3. The van der Waals surface area contributed by atoms with Gasteiger partial charge in [0.25, 0.3) is 0 Å². The van der Waals surface area contributed by atoms with E-state index in [1.54, 1.807) is 21.3 Å². The first-order valence-corrected chi connectivity index (χ1v) is 8.74. The average molecular weight is 371 g/mol. The number of methoxy groups -OCH3 is 3. The fraction of sp³-hybridized carbons (Fsp3) is 0.278. The molecule has 1 aromatic heterocycles. The van der Waals surface area contributed by atoms with E-state index >= 15 is 0 Å². The maximum Gasteiger partial charge on any atom is 0.225 e. The molecule has 0 radical (unpaired) electrons. The van der Waals surface area contributed by atoms with E-state index in [9.17, 15) is 4.79 Å². The van der Waals surface area contributed by atoms with Crippen LogP contribution in [0.25, 0.3) is 11.0 Å². The summed E-state index contributed by atoms with van der Waals surface area (Å²) in [6.07, 6.45) is 0.308. The van der Waals surface area contributed by atoms with E-state index < -0.39 is 0 Å². The van der Waals surface area contributed by atoms with Gasteiger partial charge in [-0.15, -0.1) is 0 Å². The number of rotatable bonds is 4. The second kappa shape index (κ2) is 6.45. The van der Waals surface area contributed by atoms with Crippen LogP contribution in [0.2, 0.25) is 0 Å². The maximum absolute atomic E-state index is 12.3. The van der Waals surface area contributed by atoms with Crippen molar-refractivity contribution in [2.45, 2.75) is 12.3 Å². The highest BCUT2D eigenvalue weighted by Crippen LogP contribution is 2.46. The molecule has 1 aliphatic heterocycles. The Labute approximate surface area is 154 Å². The molecule has 1 aliphatic rings. The van der Waals surface area contributed by atoms with Crippen LogP contribution in [0, 0.1) is 0 Å². The second-order valence-electron chi connectivity index (χ2n) is 5.92. The summed E-state index contributed by atoms with van der Waals surface area (Å²) in [5.41, 5.74) is 4.26. The Morgan fingerprint density at radius 2 is 1.81 bits per heavy atom. The number of anilines is 1. The van der Waals surface area contributed by atoms with Crippen molar-refractivity contribution in [3.63, 3.8) is 0 Å². The largest absolute Gasteiger partial charge is 0.493 e. The summed E-state index contributed by atoms with van der Waals surface area (Å²) in [7, 11) is 4.71. The van der Waals surface area contributed by atoms with Crippen molar-refractivity contribution in [2.75, 3.05) is 26.6 Å². The Bertz CT molecular complexity index is 976. The number of aromatic nitrogens is 2. The first-order chi connectivity index (χ1) is 12.7. The van der Waals surface area contributed by atoms with Crippen LogP contribution in [0.3, 0.4) is 0 Å². The third-order valence-corrected chi connectivity index (χ3v) is 5.11. The third-order valence-electron chi connectivity index (χ3n) is 4.57. The number of benzene rings is 2. The Morgan fingerprint density at radius 3 is 2.46 bits per heavy atom. The van der Waals surface area contributed by atoms with Crippen LogP contribution < -0.4 is 19.5 Å². The predicted molar refractivity (Wildman–Crippen MR) is 98.6 cm³/mol. The Hall–Kier alpha value is -2.87. The van der Waals surface area contributed by atoms with E-state index in [2.05, 4.69) is 14.1 Å². The van der Waals surface area contributed by atoms with Gasteiger partial charge in [-0.2, -0.15) is 8.75 Å². The lowest BCUT2D eigenvalue weighted by Crippen LogP contribution is -2.24. The van der Waals surface area contributed by atoms with Gasteiger partial charge in [-0.3, -0.25) is 4.79 Å². The van der Waals surface area contributed by atoms with Gasteiger partial charge >= 0.3 is 0 Å². The lowest BCUT2D eigenvalue weighted by molar-refractivity contribution is -0.116. The molecular weight excluding hydrogens is 354 g/mol. The van der Waals surface area contributed by atoms with E-state index in [1.807, 2.05) is 24.3 Å². The summed E-state index contributed by atoms with van der Waals surface area (Å²) in [5, 5.41) is 2.93. The third kappa shape index (κ3) is 2.53. The van der Waals surface area contributed by atoms with Gasteiger partial charge in [-0.05, 0) is 29.8 Å². The molecule has 2 aromatic carbocycles. The van der Waals surface area contributed by atoms with Crippen LogP contribution in [0.1, 0.15) is 23.5 Å². The minimum absolute atomic E-state index is 0.0428. The highest BCUT2D eigenvalue weighted by atomic mass is 32.1. The maximum atomic E-state index is 12.3. The fourth-order valence-corrected chi connectivity index (χ4v) is 3.96. The van der Waals surface area contributed by atoms with E-state index in [0.29, 0.717) is 23.7 Å². The standard InChI is InChI=1S/C18H17N3O4S/c1-23-13-6-9(7-14(24-2)18(13)25-3)10-8-15(22)19-11-4-5-12-17(16(10)11)21-26-20-12/h4-7,10H,8H2,1-3H3,(H,19,22). The molecule has 1 unspecified atom stereocenters. The fourth-order valence-electron chi connectivity index (χ4n) is 3.41. The van der Waals surface area contributed by atoms with Crippen molar-refractivity contribution in [3.05, 3.63) is 35.4 Å². The topological polar surface area (TPSA) is 82.6 Å². The van der Waals surface area contributed by atoms with Crippen LogP contribution in [0.5, 0.6) is 17.2 Å². The van der Waals surface area contributed by atoms with Crippen molar-refractivity contribution in [1.82, 2.24) is 8.75 Å². The zero-order valence-electron chi connectivity index (χ0n) is 14.5. The van der Waals surface area contributed by atoms with Crippen molar-refractivity contribution in [1.29, 1.82) is 0 Å². The molecule has 0 saturated carbocycles. The van der Waals surface area contributed by atoms with Gasteiger partial charge in [0.05, 0.1) is 33.1 Å². The molecule has 1 atom stereocenters. The molecule has 1 amide bonds. The molecule has 1 N–H and O–H groups in total. The quantitative estimate of drug-likeness (QED) is 0.758. The van der Waals surface area contributed by atoms with Crippen molar-refractivity contribution >= 4 is 34.4 Å². The van der Waals surface area contributed by atoms with Gasteiger partial charge in [0.1, 0.15) is 11.0 Å². The number of fused-ring (bicyclic) bond motifs is 3. The van der Waals surface area contributed by atoms with Crippen molar-refractivity contribution in [2.24, 2.45) is 0 Å². The molecule has 26 heavy (non-hydrogen) atoms. The molecule has 7 nitrogen and oxygen atoms in total. The Morgan fingerprint density at radius 1 is 1.08 bits per heavy atom. The summed E-state index contributed by atoms with van der Waals surface area (Å²) in [4.78, 5) is 12.3. The molecule has 134 valence electrons. The number of amides is 1. The zero-order valence-corrected chi connectivity index (χ0v) is 15.3. The van der Waals surface area contributed by atoms with Crippen molar-refractivity contribution in [3.8, 4) is 17.2 Å². The summed E-state index contributed by atoms with van der Waals surface area (Å²) in [6.45, 7) is 0. The lowest BCUT2D eigenvalue weighted by Gasteiger charge is -2.27. The van der Waals surface area contributed by atoms with E-state index in [-0.39, 0.29) is 11.8 Å². The normalized spacial score (nSPS) is 16.1. The van der Waals surface area contributed by atoms with Crippen LogP contribution >= 0.6 is 11.7 Å². The van der Waals surface area contributed by atoms with Gasteiger partial charge in [0.2, 0.25) is 11.7 Å². The Balaban J connectivity index is 1.94. The lowest BCUT2D eigenvalue weighted by atomic mass is 9.83. The molecule has 0 spiro atoms. The first kappa shape index (κ1) is 16.6. The molecule has 4 rings (SSSR count). The molecule has 8 heteroatoms. The summed E-state index contributed by atoms with van der Waals surface area (Å²) in [5.74, 6) is 1.41. The van der Waals surface area contributed by atoms with Crippen LogP contribution in [0.4, 0.5) is 5.69 Å². The van der Waals surface area contributed by atoms with Crippen LogP contribution in [-0.2, 0) is 4.79 Å². The molecule has 3 aromatic rings. The van der Waals surface area contributed by atoms with Gasteiger partial charge in [-0.1, -0.05) is 0 Å². The summed E-state index contributed by atoms with van der Waals surface area (Å²) >= 11 is 1.16. The summed E-state index contributed by atoms with van der Waals surface area (Å²) < 4.78 is 25.1. The van der Waals surface area contributed by atoms with Gasteiger partial charge < -0.3 is 19.5 Å². The highest BCUT2D eigenvalue weighted by molar-refractivity contribution is 7.00. The van der Waals surface area contributed by atoms with Gasteiger partial charge in [-0.25, -0.2) is 0 Å². The molecule has 0 fully saturated rings. The number of ether oxygens (including phenoxy) is 3. The number of carbonyl (C=O) groups excluding carboxylic acids is 1. The van der Waals surface area contributed by atoms with Crippen LogP contribution in [-0.4, -0.2) is 36.0 Å². The SMILES string of the molecule is COc1cc(C2CC(=O)Nc3ccc4nsnc4c32)cc(OC)c1OC. The highest BCUT2D eigenvalue weighted by Gasteiger charge is 2.31. The monoisotopic (exact) mass is 371 g/mol. The number of nitrogens with one attached hydrogen (secondary N) is 1. The van der Waals surface area contributed by atoms with Gasteiger partial charge in [0.15, 0.2) is 11.5 Å². The van der Waals surface area contributed by atoms with E-state index in [4.69, 9.17) is 14.2 Å². The van der Waals surface area contributed by atoms with E-state index in [1.165, 1.54) is 0 Å². The van der Waals surface area contributed by atoms with Crippen molar-refractivity contribution < 1.29 is 19.0 Å².